The van der Waals surface area contributed by atoms with Crippen molar-refractivity contribution in [2.24, 2.45) is 5.73 Å². The number of hydrogen-bond donors (Lipinski definition) is 1. The van der Waals surface area contributed by atoms with Crippen molar-refractivity contribution in [3.05, 3.63) is 24.0 Å². The minimum atomic E-state index is 0.452. The Kier molecular flexibility index (Phi) is 3.35. The highest BCUT2D eigenvalue weighted by molar-refractivity contribution is 5.47. The molecule has 0 unspecified atom stereocenters. The fraction of sp³-hybridized carbons (Fsp3) is 0.538. The summed E-state index contributed by atoms with van der Waals surface area (Å²) in [4.78, 5) is 9.18. The van der Waals surface area contributed by atoms with Crippen LogP contribution in [0.5, 0.6) is 0 Å². The third-order valence-corrected chi connectivity index (χ3v) is 3.71. The maximum Gasteiger partial charge on any atom is 0.153 e. The molecule has 2 aromatic heterocycles. The van der Waals surface area contributed by atoms with Gasteiger partial charge in [0.15, 0.2) is 5.65 Å². The lowest BCUT2D eigenvalue weighted by Gasteiger charge is -2.34. The molecular weight excluding hydrogens is 240 g/mol. The van der Waals surface area contributed by atoms with Crippen LogP contribution in [0.15, 0.2) is 18.3 Å². The molecular formula is C13H20N6. The van der Waals surface area contributed by atoms with Crippen LogP contribution in [0.25, 0.3) is 5.65 Å². The number of anilines is 1. The molecule has 0 aromatic carbocycles. The Labute approximate surface area is 112 Å². The summed E-state index contributed by atoms with van der Waals surface area (Å²) in [7, 11) is 0. The van der Waals surface area contributed by atoms with E-state index in [0.29, 0.717) is 6.54 Å². The first kappa shape index (κ1) is 12.4. The second kappa shape index (κ2) is 5.14. The monoisotopic (exact) mass is 260 g/mol. The van der Waals surface area contributed by atoms with E-state index in [1.54, 1.807) is 0 Å². The summed E-state index contributed by atoms with van der Waals surface area (Å²) in [6.07, 6.45) is 1.90. The number of rotatable bonds is 3. The van der Waals surface area contributed by atoms with Gasteiger partial charge in [0.1, 0.15) is 5.82 Å². The van der Waals surface area contributed by atoms with Crippen molar-refractivity contribution in [2.75, 3.05) is 37.6 Å². The molecule has 1 aliphatic rings. The molecule has 1 aliphatic heterocycles. The van der Waals surface area contributed by atoms with E-state index in [2.05, 4.69) is 26.8 Å². The summed E-state index contributed by atoms with van der Waals surface area (Å²) >= 11 is 0. The second-order valence-corrected chi connectivity index (χ2v) is 4.85. The van der Waals surface area contributed by atoms with Crippen LogP contribution in [0, 0.1) is 0 Å². The number of piperazine rings is 1. The molecule has 0 saturated carbocycles. The van der Waals surface area contributed by atoms with E-state index >= 15 is 0 Å². The highest BCUT2D eigenvalue weighted by atomic mass is 15.4. The predicted molar refractivity (Wildman–Crippen MR) is 75.2 cm³/mol. The van der Waals surface area contributed by atoms with Gasteiger partial charge in [-0.15, -0.1) is 5.10 Å². The van der Waals surface area contributed by atoms with Crippen LogP contribution in [0.1, 0.15) is 12.6 Å². The van der Waals surface area contributed by atoms with E-state index < -0.39 is 0 Å². The highest BCUT2D eigenvalue weighted by Crippen LogP contribution is 2.14. The maximum absolute atomic E-state index is 5.61. The summed E-state index contributed by atoms with van der Waals surface area (Å²) in [6.45, 7) is 8.06. The zero-order chi connectivity index (χ0) is 13.2. The van der Waals surface area contributed by atoms with Gasteiger partial charge in [0.05, 0.1) is 11.9 Å². The van der Waals surface area contributed by atoms with E-state index in [9.17, 15) is 0 Å². The maximum atomic E-state index is 5.61. The lowest BCUT2D eigenvalue weighted by molar-refractivity contribution is 0.270. The number of nitrogens with zero attached hydrogens (tertiary/aromatic N) is 5. The third kappa shape index (κ3) is 2.41. The van der Waals surface area contributed by atoms with Crippen molar-refractivity contribution < 1.29 is 0 Å². The Bertz CT molecular complexity index is 555. The summed E-state index contributed by atoms with van der Waals surface area (Å²) in [5.41, 5.74) is 7.34. The van der Waals surface area contributed by atoms with Crippen molar-refractivity contribution in [1.82, 2.24) is 19.5 Å². The Morgan fingerprint density at radius 3 is 2.68 bits per heavy atom. The summed E-state index contributed by atoms with van der Waals surface area (Å²) in [6, 6.07) is 4.05. The van der Waals surface area contributed by atoms with Gasteiger partial charge in [-0.05, 0) is 18.7 Å². The van der Waals surface area contributed by atoms with Gasteiger partial charge in [-0.2, -0.15) is 0 Å². The van der Waals surface area contributed by atoms with Crippen molar-refractivity contribution in [3.8, 4) is 0 Å². The lowest BCUT2D eigenvalue weighted by Crippen LogP contribution is -2.46. The molecule has 0 spiro atoms. The zero-order valence-electron chi connectivity index (χ0n) is 11.3. The second-order valence-electron chi connectivity index (χ2n) is 4.85. The molecule has 2 N–H and O–H groups in total. The average molecular weight is 260 g/mol. The molecule has 19 heavy (non-hydrogen) atoms. The van der Waals surface area contributed by atoms with E-state index in [1.807, 2.05) is 22.8 Å². The Morgan fingerprint density at radius 1 is 1.21 bits per heavy atom. The topological polar surface area (TPSA) is 62.7 Å². The minimum absolute atomic E-state index is 0.452. The molecule has 0 atom stereocenters. The van der Waals surface area contributed by atoms with Crippen molar-refractivity contribution in [1.29, 1.82) is 0 Å². The van der Waals surface area contributed by atoms with Crippen LogP contribution in [-0.4, -0.2) is 52.2 Å². The normalized spacial score (nSPS) is 17.3. The number of imidazole rings is 1. The predicted octanol–water partition coefficient (Wildman–Crippen LogP) is 0.330. The van der Waals surface area contributed by atoms with Gasteiger partial charge in [0.2, 0.25) is 0 Å². The molecule has 2 aromatic rings. The number of fused-ring (bicyclic) bond motifs is 1. The fourth-order valence-electron chi connectivity index (χ4n) is 2.48. The summed E-state index contributed by atoms with van der Waals surface area (Å²) in [5.74, 6) is 1.02. The van der Waals surface area contributed by atoms with Gasteiger partial charge in [0, 0.05) is 32.7 Å². The SMILES string of the molecule is CCN1CCN(c2ccc3nc(CN)cn3n2)CC1. The molecule has 6 nitrogen and oxygen atoms in total. The van der Waals surface area contributed by atoms with Crippen LogP contribution in [0.4, 0.5) is 5.82 Å². The molecule has 0 amide bonds. The van der Waals surface area contributed by atoms with Gasteiger partial charge in [0.25, 0.3) is 0 Å². The van der Waals surface area contributed by atoms with Gasteiger partial charge in [-0.25, -0.2) is 9.50 Å². The number of aromatic nitrogens is 3. The molecule has 0 aliphatic carbocycles. The zero-order valence-corrected chi connectivity index (χ0v) is 11.3. The quantitative estimate of drug-likeness (QED) is 0.861. The number of likely N-dealkylation sites (N-methyl/N-ethyl adjacent to an activating group) is 1. The van der Waals surface area contributed by atoms with Crippen molar-refractivity contribution >= 4 is 11.5 Å². The van der Waals surface area contributed by atoms with Crippen LogP contribution < -0.4 is 10.6 Å². The van der Waals surface area contributed by atoms with Gasteiger partial charge in [-0.3, -0.25) is 0 Å². The number of hydrogen-bond acceptors (Lipinski definition) is 5. The van der Waals surface area contributed by atoms with Crippen LogP contribution >= 0.6 is 0 Å². The first-order valence-corrected chi connectivity index (χ1v) is 6.83. The van der Waals surface area contributed by atoms with Crippen molar-refractivity contribution in [2.45, 2.75) is 13.5 Å². The van der Waals surface area contributed by atoms with Gasteiger partial charge >= 0.3 is 0 Å². The van der Waals surface area contributed by atoms with E-state index in [1.165, 1.54) is 0 Å². The minimum Gasteiger partial charge on any atom is -0.353 e. The largest absolute Gasteiger partial charge is 0.353 e. The molecule has 3 heterocycles. The molecule has 0 radical (unpaired) electrons. The highest BCUT2D eigenvalue weighted by Gasteiger charge is 2.17. The molecule has 6 heteroatoms. The van der Waals surface area contributed by atoms with Crippen molar-refractivity contribution in [3.63, 3.8) is 0 Å². The number of nitrogens with two attached hydrogens (primary N) is 1. The average Bonchev–Trinajstić information content (AvgIpc) is 2.89. The van der Waals surface area contributed by atoms with Gasteiger partial charge in [-0.1, -0.05) is 6.92 Å². The first-order valence-electron chi connectivity index (χ1n) is 6.83. The molecule has 3 rings (SSSR count). The van der Waals surface area contributed by atoms with E-state index in [-0.39, 0.29) is 0 Å². The smallest absolute Gasteiger partial charge is 0.153 e. The van der Waals surface area contributed by atoms with Crippen LogP contribution in [-0.2, 0) is 6.54 Å². The van der Waals surface area contributed by atoms with Gasteiger partial charge < -0.3 is 15.5 Å². The molecule has 0 bridgehead atoms. The fourth-order valence-corrected chi connectivity index (χ4v) is 2.48. The van der Waals surface area contributed by atoms with Crippen LogP contribution in [0.2, 0.25) is 0 Å². The van der Waals surface area contributed by atoms with E-state index in [0.717, 1.165) is 49.9 Å². The van der Waals surface area contributed by atoms with E-state index in [4.69, 9.17) is 5.73 Å². The Balaban J connectivity index is 1.81. The standard InChI is InChI=1S/C13H20N6/c1-2-17-5-7-18(8-6-17)13-4-3-12-15-11(9-14)10-19(12)16-13/h3-4,10H,2,5-9,14H2,1H3. The molecule has 1 saturated heterocycles. The Hall–Kier alpha value is -1.66. The lowest BCUT2D eigenvalue weighted by atomic mass is 10.3. The third-order valence-electron chi connectivity index (χ3n) is 3.71. The Morgan fingerprint density at radius 2 is 2.00 bits per heavy atom. The summed E-state index contributed by atoms with van der Waals surface area (Å²) < 4.78 is 1.82. The first-order chi connectivity index (χ1) is 9.30. The molecule has 102 valence electrons. The summed E-state index contributed by atoms with van der Waals surface area (Å²) in [5, 5.41) is 4.62. The van der Waals surface area contributed by atoms with Crippen LogP contribution in [0.3, 0.4) is 0 Å². The molecule has 1 fully saturated rings.